The van der Waals surface area contributed by atoms with Gasteiger partial charge in [0.15, 0.2) is 4.90 Å². The van der Waals surface area contributed by atoms with Crippen LogP contribution in [0.5, 0.6) is 0 Å². The Bertz CT molecular complexity index is 867. The Balaban J connectivity index is 1.98. The van der Waals surface area contributed by atoms with Gasteiger partial charge in [0, 0.05) is 17.1 Å². The maximum absolute atomic E-state index is 12.7. The Morgan fingerprint density at radius 2 is 1.83 bits per heavy atom. The topological polar surface area (TPSA) is 89.3 Å². The highest BCUT2D eigenvalue weighted by Crippen LogP contribution is 2.42. The molecule has 2 aromatic rings. The molecule has 1 unspecified atom stereocenters. The molecule has 1 saturated carbocycles. The normalized spacial score (nSPS) is 15.9. The molecule has 0 radical (unpaired) electrons. The van der Waals surface area contributed by atoms with E-state index in [-0.39, 0.29) is 15.8 Å². The quantitative estimate of drug-likeness (QED) is 0.623. The van der Waals surface area contributed by atoms with Crippen LogP contribution < -0.4 is 4.72 Å². The summed E-state index contributed by atoms with van der Waals surface area (Å²) in [5, 5.41) is 11.3. The smallest absolute Gasteiger partial charge is 0.258 e. The fourth-order valence-electron chi connectivity index (χ4n) is 2.62. The fraction of sp³-hybridized carbons (Fsp3) is 0.250. The molecule has 0 bridgehead atoms. The van der Waals surface area contributed by atoms with Gasteiger partial charge in [-0.3, -0.25) is 10.1 Å². The third-order valence-corrected chi connectivity index (χ3v) is 5.66. The van der Waals surface area contributed by atoms with Crippen LogP contribution in [0.1, 0.15) is 24.4 Å². The van der Waals surface area contributed by atoms with Crippen molar-refractivity contribution >= 4 is 27.3 Å². The van der Waals surface area contributed by atoms with Gasteiger partial charge >= 0.3 is 0 Å². The Morgan fingerprint density at radius 1 is 1.17 bits per heavy atom. The molecule has 2 aromatic carbocycles. The molecular formula is C16H15ClN2O4S. The number of hydrogen-bond acceptors (Lipinski definition) is 4. The number of nitrogens with zero attached hydrogens (tertiary/aromatic N) is 1. The van der Waals surface area contributed by atoms with Crippen LogP contribution in [0, 0.1) is 16.0 Å². The van der Waals surface area contributed by atoms with E-state index in [4.69, 9.17) is 11.6 Å². The van der Waals surface area contributed by atoms with Crippen molar-refractivity contribution in [3.8, 4) is 0 Å². The van der Waals surface area contributed by atoms with Crippen LogP contribution in [0.15, 0.2) is 53.4 Å². The van der Waals surface area contributed by atoms with Gasteiger partial charge in [-0.2, -0.15) is 0 Å². The van der Waals surface area contributed by atoms with E-state index in [1.807, 2.05) is 30.3 Å². The van der Waals surface area contributed by atoms with Gasteiger partial charge in [0.05, 0.1) is 4.92 Å². The Hall–Kier alpha value is -1.96. The molecule has 8 heteroatoms. The van der Waals surface area contributed by atoms with Crippen molar-refractivity contribution in [3.63, 3.8) is 0 Å². The van der Waals surface area contributed by atoms with E-state index in [1.165, 1.54) is 6.07 Å². The zero-order valence-corrected chi connectivity index (χ0v) is 14.1. The second kappa shape index (κ2) is 6.51. The highest BCUT2D eigenvalue weighted by atomic mass is 35.5. The molecule has 0 saturated heterocycles. The van der Waals surface area contributed by atoms with Crippen LogP contribution in [0.2, 0.25) is 5.02 Å². The molecule has 1 aliphatic carbocycles. The van der Waals surface area contributed by atoms with Gasteiger partial charge in [0.25, 0.3) is 5.69 Å². The molecule has 24 heavy (non-hydrogen) atoms. The van der Waals surface area contributed by atoms with E-state index >= 15 is 0 Å². The summed E-state index contributed by atoms with van der Waals surface area (Å²) in [5.41, 5.74) is 0.317. The zero-order chi connectivity index (χ0) is 17.3. The van der Waals surface area contributed by atoms with Crippen molar-refractivity contribution in [2.24, 2.45) is 5.92 Å². The molecule has 1 N–H and O–H groups in total. The summed E-state index contributed by atoms with van der Waals surface area (Å²) in [6, 6.07) is 12.4. The maximum Gasteiger partial charge on any atom is 0.290 e. The fourth-order valence-corrected chi connectivity index (χ4v) is 4.23. The van der Waals surface area contributed by atoms with Crippen LogP contribution >= 0.6 is 11.6 Å². The van der Waals surface area contributed by atoms with E-state index < -0.39 is 26.7 Å². The first-order chi connectivity index (χ1) is 11.4. The number of nitrogens with one attached hydrogen (secondary N) is 1. The minimum Gasteiger partial charge on any atom is -0.258 e. The van der Waals surface area contributed by atoms with Crippen LogP contribution in [-0.2, 0) is 10.0 Å². The van der Waals surface area contributed by atoms with Gasteiger partial charge in [-0.05, 0) is 36.5 Å². The number of nitro benzene ring substituents is 1. The van der Waals surface area contributed by atoms with Crippen molar-refractivity contribution in [2.45, 2.75) is 23.8 Å². The largest absolute Gasteiger partial charge is 0.290 e. The number of rotatable bonds is 6. The predicted molar refractivity (Wildman–Crippen MR) is 90.3 cm³/mol. The molecule has 0 aliphatic heterocycles. The minimum absolute atomic E-state index is 0.113. The molecule has 1 aliphatic rings. The highest BCUT2D eigenvalue weighted by molar-refractivity contribution is 7.89. The molecule has 126 valence electrons. The van der Waals surface area contributed by atoms with Gasteiger partial charge in [-0.1, -0.05) is 41.9 Å². The number of hydrogen-bond donors (Lipinski definition) is 1. The van der Waals surface area contributed by atoms with Crippen molar-refractivity contribution in [2.75, 3.05) is 0 Å². The number of benzene rings is 2. The molecule has 6 nitrogen and oxygen atoms in total. The third kappa shape index (κ3) is 3.58. The maximum atomic E-state index is 12.7. The monoisotopic (exact) mass is 366 g/mol. The van der Waals surface area contributed by atoms with Crippen molar-refractivity contribution in [1.82, 2.24) is 4.72 Å². The number of nitro groups is 1. The van der Waals surface area contributed by atoms with E-state index in [0.29, 0.717) is 0 Å². The van der Waals surface area contributed by atoms with Crippen LogP contribution in [0.3, 0.4) is 0 Å². The van der Waals surface area contributed by atoms with Gasteiger partial charge in [0.2, 0.25) is 10.0 Å². The first-order valence-electron chi connectivity index (χ1n) is 7.40. The standard InChI is InChI=1S/C16H15ClN2O4S/c17-13-8-9-15(14(10-13)19(20)21)24(22,23)18-16(12-6-7-12)11-4-2-1-3-5-11/h1-5,8-10,12,16,18H,6-7H2. The molecule has 1 fully saturated rings. The lowest BCUT2D eigenvalue weighted by molar-refractivity contribution is -0.387. The van der Waals surface area contributed by atoms with E-state index in [0.717, 1.165) is 30.5 Å². The number of halogens is 1. The van der Waals surface area contributed by atoms with Gasteiger partial charge < -0.3 is 0 Å². The van der Waals surface area contributed by atoms with Crippen molar-refractivity contribution < 1.29 is 13.3 Å². The summed E-state index contributed by atoms with van der Waals surface area (Å²) < 4.78 is 28.1. The second-order valence-electron chi connectivity index (χ2n) is 5.72. The van der Waals surface area contributed by atoms with Gasteiger partial charge in [-0.15, -0.1) is 0 Å². The van der Waals surface area contributed by atoms with Gasteiger partial charge in [0.1, 0.15) is 0 Å². The van der Waals surface area contributed by atoms with E-state index in [1.54, 1.807) is 0 Å². The summed E-state index contributed by atoms with van der Waals surface area (Å²) in [4.78, 5) is 10.1. The Labute approximate surface area is 144 Å². The summed E-state index contributed by atoms with van der Waals surface area (Å²) in [6.45, 7) is 0. The molecule has 0 spiro atoms. The SMILES string of the molecule is O=[N+]([O-])c1cc(Cl)ccc1S(=O)(=O)NC(c1ccccc1)C1CC1. The van der Waals surface area contributed by atoms with Crippen molar-refractivity contribution in [1.29, 1.82) is 0 Å². The summed E-state index contributed by atoms with van der Waals surface area (Å²) in [5.74, 6) is 0.202. The lowest BCUT2D eigenvalue weighted by Gasteiger charge is -2.19. The Kier molecular flexibility index (Phi) is 4.58. The molecule has 0 heterocycles. The summed E-state index contributed by atoms with van der Waals surface area (Å²) >= 11 is 5.75. The number of sulfonamides is 1. The molecule has 1 atom stereocenters. The van der Waals surface area contributed by atoms with Crippen LogP contribution in [0.4, 0.5) is 5.69 Å². The highest BCUT2D eigenvalue weighted by Gasteiger charge is 2.37. The second-order valence-corrected chi connectivity index (χ2v) is 7.84. The molecule has 0 aromatic heterocycles. The van der Waals surface area contributed by atoms with E-state index in [9.17, 15) is 18.5 Å². The first-order valence-corrected chi connectivity index (χ1v) is 9.26. The average Bonchev–Trinajstić information content (AvgIpc) is 3.38. The Morgan fingerprint density at radius 3 is 2.42 bits per heavy atom. The molecule has 3 rings (SSSR count). The predicted octanol–water partition coefficient (Wildman–Crippen LogP) is 3.68. The summed E-state index contributed by atoms with van der Waals surface area (Å²) in [7, 11) is -4.06. The first kappa shape index (κ1) is 16.9. The van der Waals surface area contributed by atoms with Crippen LogP contribution in [0.25, 0.3) is 0 Å². The van der Waals surface area contributed by atoms with Crippen molar-refractivity contribution in [3.05, 3.63) is 69.2 Å². The molecular weight excluding hydrogens is 352 g/mol. The van der Waals surface area contributed by atoms with Crippen LogP contribution in [-0.4, -0.2) is 13.3 Å². The van der Waals surface area contributed by atoms with E-state index in [2.05, 4.69) is 4.72 Å². The zero-order valence-electron chi connectivity index (χ0n) is 12.6. The average molecular weight is 367 g/mol. The lowest BCUT2D eigenvalue weighted by Crippen LogP contribution is -2.30. The third-order valence-electron chi connectivity index (χ3n) is 3.94. The van der Waals surface area contributed by atoms with Gasteiger partial charge in [-0.25, -0.2) is 13.1 Å². The lowest BCUT2D eigenvalue weighted by atomic mass is 10.0. The molecule has 0 amide bonds. The summed E-state index contributed by atoms with van der Waals surface area (Å²) in [6.07, 6.45) is 1.84. The minimum atomic E-state index is -4.06.